The molecule has 9 heteroatoms. The van der Waals surface area contributed by atoms with Gasteiger partial charge in [0.1, 0.15) is 5.75 Å². The van der Waals surface area contributed by atoms with Gasteiger partial charge in [-0.05, 0) is 48.9 Å². The predicted molar refractivity (Wildman–Crippen MR) is 140 cm³/mol. The monoisotopic (exact) mass is 503 g/mol. The van der Waals surface area contributed by atoms with Crippen molar-refractivity contribution in [3.63, 3.8) is 0 Å². The summed E-state index contributed by atoms with van der Waals surface area (Å²) in [5, 5.41) is 7.07. The number of nitrogens with one attached hydrogen (secondary N) is 1. The number of aromatic nitrogens is 2. The van der Waals surface area contributed by atoms with Crippen LogP contribution < -0.4 is 24.3 Å². The maximum absolute atomic E-state index is 13.0. The molecule has 0 aliphatic heterocycles. The predicted octanol–water partition coefficient (Wildman–Crippen LogP) is 5.86. The molecule has 0 unspecified atom stereocenters. The van der Waals surface area contributed by atoms with Gasteiger partial charge in [0.2, 0.25) is 11.6 Å². The van der Waals surface area contributed by atoms with E-state index in [4.69, 9.17) is 23.5 Å². The number of para-hydroxylation sites is 1. The zero-order valence-corrected chi connectivity index (χ0v) is 21.2. The highest BCUT2D eigenvalue weighted by Crippen LogP contribution is 2.41. The molecule has 1 amide bonds. The molecule has 0 saturated carbocycles. The van der Waals surface area contributed by atoms with Gasteiger partial charge in [-0.3, -0.25) is 4.79 Å². The molecule has 0 fully saturated rings. The lowest BCUT2D eigenvalue weighted by molar-refractivity contribution is 0.102. The minimum Gasteiger partial charge on any atom is -0.494 e. The Kier molecular flexibility index (Phi) is 8.25. The van der Waals surface area contributed by atoms with Gasteiger partial charge < -0.3 is 28.8 Å². The summed E-state index contributed by atoms with van der Waals surface area (Å²) in [5.74, 6) is 2.35. The smallest absolute Gasteiger partial charge is 0.260 e. The van der Waals surface area contributed by atoms with E-state index in [1.165, 1.54) is 21.3 Å². The fraction of sp³-hybridized carbons (Fsp3) is 0.250. The molecule has 0 saturated heterocycles. The van der Waals surface area contributed by atoms with E-state index in [2.05, 4.69) is 22.4 Å². The average molecular weight is 504 g/mol. The van der Waals surface area contributed by atoms with E-state index in [1.807, 2.05) is 18.2 Å². The minimum atomic E-state index is -0.280. The zero-order valence-electron chi connectivity index (χ0n) is 21.2. The number of carbonyl (C=O) groups is 1. The Hall–Kier alpha value is -4.53. The maximum atomic E-state index is 13.0. The molecule has 4 aromatic rings. The van der Waals surface area contributed by atoms with Crippen molar-refractivity contribution in [2.24, 2.45) is 0 Å². The van der Waals surface area contributed by atoms with Gasteiger partial charge in [0.05, 0.1) is 39.2 Å². The molecule has 0 aliphatic carbocycles. The van der Waals surface area contributed by atoms with Crippen molar-refractivity contribution >= 4 is 11.6 Å². The molecule has 0 bridgehead atoms. The van der Waals surface area contributed by atoms with Crippen LogP contribution in [0.15, 0.2) is 65.2 Å². The summed E-state index contributed by atoms with van der Waals surface area (Å²) < 4.78 is 27.5. The van der Waals surface area contributed by atoms with Crippen LogP contribution in [-0.2, 0) is 0 Å². The molecule has 9 nitrogen and oxygen atoms in total. The zero-order chi connectivity index (χ0) is 26.2. The van der Waals surface area contributed by atoms with Gasteiger partial charge in [-0.25, -0.2) is 0 Å². The molecule has 0 spiro atoms. The van der Waals surface area contributed by atoms with Gasteiger partial charge in [-0.1, -0.05) is 36.7 Å². The number of rotatable bonds is 11. The Balaban J connectivity index is 1.59. The van der Waals surface area contributed by atoms with E-state index in [0.29, 0.717) is 57.8 Å². The number of anilines is 1. The van der Waals surface area contributed by atoms with Crippen molar-refractivity contribution < 1.29 is 28.3 Å². The second-order valence-electron chi connectivity index (χ2n) is 8.07. The van der Waals surface area contributed by atoms with E-state index in [-0.39, 0.29) is 11.8 Å². The Morgan fingerprint density at radius 1 is 0.946 bits per heavy atom. The fourth-order valence-electron chi connectivity index (χ4n) is 3.69. The summed E-state index contributed by atoms with van der Waals surface area (Å²) in [4.78, 5) is 17.6. The lowest BCUT2D eigenvalue weighted by Crippen LogP contribution is -2.13. The molecule has 0 atom stereocenters. The van der Waals surface area contributed by atoms with E-state index in [0.717, 1.165) is 12.8 Å². The maximum Gasteiger partial charge on any atom is 0.260 e. The fourth-order valence-corrected chi connectivity index (χ4v) is 3.69. The molecule has 4 rings (SSSR count). The van der Waals surface area contributed by atoms with E-state index < -0.39 is 0 Å². The first-order valence-corrected chi connectivity index (χ1v) is 11.9. The molecular formula is C28H29N3O6. The Morgan fingerprint density at radius 2 is 1.70 bits per heavy atom. The number of benzene rings is 3. The van der Waals surface area contributed by atoms with E-state index >= 15 is 0 Å². The summed E-state index contributed by atoms with van der Waals surface area (Å²) >= 11 is 0. The first kappa shape index (κ1) is 25.6. The van der Waals surface area contributed by atoms with E-state index in [1.54, 1.807) is 42.5 Å². The highest BCUT2D eigenvalue weighted by Gasteiger charge is 2.20. The Labute approximate surface area is 215 Å². The Morgan fingerprint density at radius 3 is 2.41 bits per heavy atom. The third-order valence-corrected chi connectivity index (χ3v) is 5.62. The first-order chi connectivity index (χ1) is 18.1. The molecule has 1 aromatic heterocycles. The van der Waals surface area contributed by atoms with Crippen molar-refractivity contribution in [2.75, 3.05) is 33.3 Å². The van der Waals surface area contributed by atoms with Crippen molar-refractivity contribution in [3.05, 3.63) is 66.2 Å². The van der Waals surface area contributed by atoms with E-state index in [9.17, 15) is 4.79 Å². The van der Waals surface area contributed by atoms with Crippen LogP contribution in [-0.4, -0.2) is 44.0 Å². The van der Waals surface area contributed by atoms with Crippen LogP contribution in [0.4, 0.5) is 5.69 Å². The van der Waals surface area contributed by atoms with Crippen LogP contribution in [0.25, 0.3) is 22.8 Å². The molecule has 1 N–H and O–H groups in total. The quantitative estimate of drug-likeness (QED) is 0.254. The third kappa shape index (κ3) is 5.83. The van der Waals surface area contributed by atoms with Crippen LogP contribution in [0.1, 0.15) is 30.1 Å². The van der Waals surface area contributed by atoms with Crippen molar-refractivity contribution in [3.8, 4) is 45.8 Å². The SMILES string of the molecule is CCCCOc1cccc(C(=O)Nc2ccccc2-c2nc(-c3cc(OC)c(OC)c(OC)c3)no2)c1. The number of nitrogens with zero attached hydrogens (tertiary/aromatic N) is 2. The number of ether oxygens (including phenoxy) is 4. The van der Waals surface area contributed by atoms with Crippen molar-refractivity contribution in [1.29, 1.82) is 0 Å². The third-order valence-electron chi connectivity index (χ3n) is 5.62. The number of unbranched alkanes of at least 4 members (excludes halogenated alkanes) is 1. The normalized spacial score (nSPS) is 10.6. The van der Waals surface area contributed by atoms with Crippen LogP contribution >= 0.6 is 0 Å². The van der Waals surface area contributed by atoms with Gasteiger partial charge in [0.15, 0.2) is 11.5 Å². The largest absolute Gasteiger partial charge is 0.494 e. The second-order valence-corrected chi connectivity index (χ2v) is 8.07. The second kappa shape index (κ2) is 11.9. The standard InChI is InChI=1S/C28H29N3O6/c1-5-6-14-36-20-11-9-10-18(15-20)27(32)29-22-13-8-7-12-21(22)28-30-26(31-37-28)19-16-23(33-2)25(35-4)24(17-19)34-3/h7-13,15-17H,5-6,14H2,1-4H3,(H,29,32). The Bertz CT molecular complexity index is 1340. The van der Waals surface area contributed by atoms with Crippen LogP contribution in [0.3, 0.4) is 0 Å². The van der Waals surface area contributed by atoms with Crippen molar-refractivity contribution in [2.45, 2.75) is 19.8 Å². The molecule has 3 aromatic carbocycles. The summed E-state index contributed by atoms with van der Waals surface area (Å²) in [5.41, 5.74) is 2.21. The summed E-state index contributed by atoms with van der Waals surface area (Å²) in [6.07, 6.45) is 1.99. The number of hydrogen-bond acceptors (Lipinski definition) is 8. The topological polar surface area (TPSA) is 105 Å². The van der Waals surface area contributed by atoms with Crippen LogP contribution in [0, 0.1) is 0 Å². The van der Waals surface area contributed by atoms with Gasteiger partial charge >= 0.3 is 0 Å². The summed E-state index contributed by atoms with van der Waals surface area (Å²) in [6, 6.07) is 17.8. The van der Waals surface area contributed by atoms with Crippen molar-refractivity contribution in [1.82, 2.24) is 10.1 Å². The number of amides is 1. The van der Waals surface area contributed by atoms with Gasteiger partial charge in [-0.15, -0.1) is 0 Å². The van der Waals surface area contributed by atoms with Crippen LogP contribution in [0.2, 0.25) is 0 Å². The molecular weight excluding hydrogens is 474 g/mol. The summed E-state index contributed by atoms with van der Waals surface area (Å²) in [7, 11) is 4.61. The number of hydrogen-bond donors (Lipinski definition) is 1. The average Bonchev–Trinajstić information content (AvgIpc) is 3.43. The lowest BCUT2D eigenvalue weighted by atomic mass is 10.1. The molecule has 37 heavy (non-hydrogen) atoms. The molecule has 192 valence electrons. The van der Waals surface area contributed by atoms with Gasteiger partial charge in [-0.2, -0.15) is 4.98 Å². The van der Waals surface area contributed by atoms with Gasteiger partial charge in [0.25, 0.3) is 11.8 Å². The number of carbonyl (C=O) groups excluding carboxylic acids is 1. The molecule has 1 heterocycles. The summed E-state index contributed by atoms with van der Waals surface area (Å²) in [6.45, 7) is 2.71. The number of methoxy groups -OCH3 is 3. The van der Waals surface area contributed by atoms with Gasteiger partial charge in [0, 0.05) is 11.1 Å². The molecule has 0 aliphatic rings. The van der Waals surface area contributed by atoms with Crippen LogP contribution in [0.5, 0.6) is 23.0 Å². The molecule has 0 radical (unpaired) electrons. The highest BCUT2D eigenvalue weighted by molar-refractivity contribution is 6.06. The lowest BCUT2D eigenvalue weighted by Gasteiger charge is -2.12. The minimum absolute atomic E-state index is 0.247. The first-order valence-electron chi connectivity index (χ1n) is 11.9. The highest BCUT2D eigenvalue weighted by atomic mass is 16.5.